The summed E-state index contributed by atoms with van der Waals surface area (Å²) in [4.78, 5) is 10.4. The van der Waals surface area contributed by atoms with Gasteiger partial charge in [0, 0.05) is 48.0 Å². The molecule has 2 bridgehead atoms. The molecule has 2 aromatic heterocycles. The lowest BCUT2D eigenvalue weighted by Gasteiger charge is -2.35. The van der Waals surface area contributed by atoms with Gasteiger partial charge in [-0.1, -0.05) is 18.2 Å². The lowest BCUT2D eigenvalue weighted by molar-refractivity contribution is 0.367. The van der Waals surface area contributed by atoms with Crippen LogP contribution in [0.15, 0.2) is 48.8 Å². The molecule has 2 aliphatic rings. The molecule has 2 fully saturated rings. The zero-order valence-electron chi connectivity index (χ0n) is 15.0. The average molecular weight is 348 g/mol. The maximum Gasteiger partial charge on any atom is 0.171 e. The normalized spacial score (nSPS) is 24.5. The van der Waals surface area contributed by atoms with Crippen LogP contribution in [0.3, 0.4) is 0 Å². The van der Waals surface area contributed by atoms with Crippen LogP contribution in [0.5, 0.6) is 5.75 Å². The molecule has 1 aromatic carbocycles. The molecular weight excluding hydrogens is 324 g/mol. The topological polar surface area (TPSA) is 53.2 Å². The van der Waals surface area contributed by atoms with Gasteiger partial charge in [0.25, 0.3) is 0 Å². The number of aromatic nitrogens is 2. The number of pyridine rings is 1. The van der Waals surface area contributed by atoms with Crippen LogP contribution in [0.25, 0.3) is 10.9 Å². The molecular formula is C21H24N4O. The number of nitrogens with one attached hydrogen (secondary N) is 2. The zero-order valence-corrected chi connectivity index (χ0v) is 15.0. The number of aromatic amines is 1. The molecule has 2 N–H and O–H groups in total. The van der Waals surface area contributed by atoms with Gasteiger partial charge in [0.15, 0.2) is 11.6 Å². The van der Waals surface area contributed by atoms with Crippen LogP contribution in [-0.2, 0) is 6.42 Å². The average Bonchev–Trinajstić information content (AvgIpc) is 3.39. The van der Waals surface area contributed by atoms with Crippen molar-refractivity contribution < 1.29 is 4.74 Å². The Morgan fingerprint density at radius 3 is 3.12 bits per heavy atom. The van der Waals surface area contributed by atoms with Crippen molar-refractivity contribution in [3.05, 3.63) is 54.4 Å². The van der Waals surface area contributed by atoms with E-state index >= 15 is 0 Å². The third-order valence-electron chi connectivity index (χ3n) is 6.04. The molecule has 5 rings (SSSR count). The van der Waals surface area contributed by atoms with Gasteiger partial charge in [0.05, 0.1) is 7.11 Å². The van der Waals surface area contributed by atoms with Crippen molar-refractivity contribution in [2.75, 3.05) is 25.1 Å². The number of methoxy groups -OCH3 is 1. The van der Waals surface area contributed by atoms with Crippen molar-refractivity contribution in [1.29, 1.82) is 0 Å². The summed E-state index contributed by atoms with van der Waals surface area (Å²) in [6.45, 7) is 2.01. The molecule has 5 nitrogen and oxygen atoms in total. The third-order valence-corrected chi connectivity index (χ3v) is 6.04. The number of fused-ring (bicyclic) bond motifs is 3. The minimum absolute atomic E-state index is 0.172. The number of H-pyrrole nitrogens is 1. The number of benzene rings is 1. The van der Waals surface area contributed by atoms with E-state index in [9.17, 15) is 0 Å². The van der Waals surface area contributed by atoms with Gasteiger partial charge in [-0.3, -0.25) is 0 Å². The van der Waals surface area contributed by atoms with Crippen molar-refractivity contribution in [3.63, 3.8) is 0 Å². The molecule has 0 amide bonds. The second kappa shape index (κ2) is 6.02. The number of nitrogens with zero attached hydrogens (tertiary/aromatic N) is 2. The highest BCUT2D eigenvalue weighted by Crippen LogP contribution is 2.41. The summed E-state index contributed by atoms with van der Waals surface area (Å²) < 4.78 is 5.54. The third kappa shape index (κ3) is 2.46. The van der Waals surface area contributed by atoms with Gasteiger partial charge in [-0.25, -0.2) is 4.98 Å². The summed E-state index contributed by atoms with van der Waals surface area (Å²) in [7, 11) is 1.72. The van der Waals surface area contributed by atoms with E-state index in [4.69, 9.17) is 4.74 Å². The van der Waals surface area contributed by atoms with Gasteiger partial charge in [-0.2, -0.15) is 0 Å². The number of hydrogen-bond donors (Lipinski definition) is 2. The molecule has 2 saturated heterocycles. The number of hydrogen-bond acceptors (Lipinski definition) is 4. The maximum absolute atomic E-state index is 5.54. The highest BCUT2D eigenvalue weighted by Gasteiger charge is 2.49. The van der Waals surface area contributed by atoms with Crippen LogP contribution in [0.4, 0.5) is 5.82 Å². The lowest BCUT2D eigenvalue weighted by Crippen LogP contribution is -2.52. The first kappa shape index (κ1) is 15.7. The fraction of sp³-hybridized carbons (Fsp3) is 0.381. The lowest BCUT2D eigenvalue weighted by atomic mass is 9.91. The Bertz CT molecular complexity index is 936. The second-order valence-corrected chi connectivity index (χ2v) is 7.54. The molecule has 26 heavy (non-hydrogen) atoms. The molecule has 0 spiro atoms. The molecule has 4 heterocycles. The first-order chi connectivity index (χ1) is 12.8. The number of anilines is 1. The van der Waals surface area contributed by atoms with Crippen LogP contribution in [-0.4, -0.2) is 41.7 Å². The smallest absolute Gasteiger partial charge is 0.171 e. The molecule has 3 aromatic rings. The first-order valence-electron chi connectivity index (χ1n) is 9.34. The van der Waals surface area contributed by atoms with E-state index < -0.39 is 0 Å². The van der Waals surface area contributed by atoms with Crippen LogP contribution in [0, 0.1) is 0 Å². The molecule has 134 valence electrons. The molecule has 0 saturated carbocycles. The molecule has 1 unspecified atom stereocenters. The van der Waals surface area contributed by atoms with E-state index in [2.05, 4.69) is 50.6 Å². The van der Waals surface area contributed by atoms with E-state index in [1.54, 1.807) is 7.11 Å². The number of aryl methyl sites for hydroxylation is 1. The number of ether oxygens (including phenoxy) is 1. The summed E-state index contributed by atoms with van der Waals surface area (Å²) in [5.74, 6) is 1.85. The number of rotatable bonds is 5. The minimum Gasteiger partial charge on any atom is -0.493 e. The molecule has 0 aliphatic carbocycles. The fourth-order valence-electron chi connectivity index (χ4n) is 4.71. The van der Waals surface area contributed by atoms with Crippen molar-refractivity contribution in [1.82, 2.24) is 15.3 Å². The van der Waals surface area contributed by atoms with Crippen LogP contribution < -0.4 is 15.0 Å². The molecule has 2 atom stereocenters. The molecule has 0 radical (unpaired) electrons. The monoisotopic (exact) mass is 348 g/mol. The van der Waals surface area contributed by atoms with Crippen molar-refractivity contribution >= 4 is 16.7 Å². The summed E-state index contributed by atoms with van der Waals surface area (Å²) in [6.07, 6.45) is 7.42. The minimum atomic E-state index is 0.172. The quantitative estimate of drug-likeness (QED) is 0.744. The molecule has 2 aliphatic heterocycles. The summed E-state index contributed by atoms with van der Waals surface area (Å²) in [6, 6.07) is 13.0. The largest absolute Gasteiger partial charge is 0.493 e. The first-order valence-corrected chi connectivity index (χ1v) is 9.34. The summed E-state index contributed by atoms with van der Waals surface area (Å²) in [5.41, 5.74) is 2.81. The van der Waals surface area contributed by atoms with E-state index in [1.165, 1.54) is 22.9 Å². The Balaban J connectivity index is 1.36. The standard InChI is InChI=1S/C21H24N4O/c1-26-19-7-4-10-22-20(19)25-14-21(11-16(25)13-24-21)9-8-15-12-23-18-6-3-2-5-17(15)18/h2-7,10,12,16,23-24H,8-9,11,13-14H2,1H3/t16-,21?/m1/s1. The van der Waals surface area contributed by atoms with Gasteiger partial charge in [-0.05, 0) is 43.0 Å². The Labute approximate surface area is 153 Å². The van der Waals surface area contributed by atoms with Crippen LogP contribution in [0.1, 0.15) is 18.4 Å². The van der Waals surface area contributed by atoms with Gasteiger partial charge >= 0.3 is 0 Å². The fourth-order valence-corrected chi connectivity index (χ4v) is 4.71. The van der Waals surface area contributed by atoms with Crippen molar-refractivity contribution in [2.24, 2.45) is 0 Å². The Kier molecular flexibility index (Phi) is 3.64. The van der Waals surface area contributed by atoms with E-state index in [0.29, 0.717) is 6.04 Å². The highest BCUT2D eigenvalue weighted by atomic mass is 16.5. The van der Waals surface area contributed by atoms with E-state index in [1.807, 2.05) is 18.3 Å². The molecule has 5 heteroatoms. The SMILES string of the molecule is COc1cccnc1N1CC2(CCc3c[nH]c4ccccc34)C[C@@H]1CN2. The van der Waals surface area contributed by atoms with Crippen molar-refractivity contribution in [2.45, 2.75) is 30.8 Å². The number of para-hydroxylation sites is 1. The predicted octanol–water partition coefficient (Wildman–Crippen LogP) is 3.13. The predicted molar refractivity (Wildman–Crippen MR) is 104 cm³/mol. The Morgan fingerprint density at radius 1 is 1.27 bits per heavy atom. The number of piperazine rings is 1. The van der Waals surface area contributed by atoms with Gasteiger partial charge < -0.3 is 19.9 Å². The van der Waals surface area contributed by atoms with Gasteiger partial charge in [0.1, 0.15) is 0 Å². The maximum atomic E-state index is 5.54. The Morgan fingerprint density at radius 2 is 2.19 bits per heavy atom. The van der Waals surface area contributed by atoms with Crippen molar-refractivity contribution in [3.8, 4) is 5.75 Å². The zero-order chi connectivity index (χ0) is 17.6. The van der Waals surface area contributed by atoms with E-state index in [-0.39, 0.29) is 5.54 Å². The summed E-state index contributed by atoms with van der Waals surface area (Å²) >= 11 is 0. The van der Waals surface area contributed by atoms with E-state index in [0.717, 1.165) is 37.5 Å². The summed E-state index contributed by atoms with van der Waals surface area (Å²) in [5, 5.41) is 5.14. The van der Waals surface area contributed by atoms with Gasteiger partial charge in [-0.15, -0.1) is 0 Å². The Hall–Kier alpha value is -2.53. The highest BCUT2D eigenvalue weighted by molar-refractivity contribution is 5.83. The van der Waals surface area contributed by atoms with Crippen LogP contribution in [0.2, 0.25) is 0 Å². The van der Waals surface area contributed by atoms with Gasteiger partial charge in [0.2, 0.25) is 0 Å². The van der Waals surface area contributed by atoms with Crippen LogP contribution >= 0.6 is 0 Å². The second-order valence-electron chi connectivity index (χ2n) is 7.54.